The lowest BCUT2D eigenvalue weighted by molar-refractivity contribution is 0.0975. The van der Waals surface area contributed by atoms with Gasteiger partial charge in [-0.15, -0.1) is 0 Å². The smallest absolute Gasteiger partial charge is 0.184 e. The van der Waals surface area contributed by atoms with E-state index in [9.17, 15) is 4.79 Å². The first kappa shape index (κ1) is 18.4. The lowest BCUT2D eigenvalue weighted by Gasteiger charge is -2.08. The number of pyridine rings is 1. The van der Waals surface area contributed by atoms with Gasteiger partial charge in [0, 0.05) is 39.9 Å². The number of carbonyl (C=O) groups is 1. The highest BCUT2D eigenvalue weighted by molar-refractivity contribution is 6.31. The number of aromatic nitrogens is 4. The Balaban J connectivity index is 1.41. The maximum absolute atomic E-state index is 13.0. The molecule has 148 valence electrons. The number of hydrogen-bond donors (Lipinski definition) is 1. The molecule has 6 nitrogen and oxygen atoms in total. The van der Waals surface area contributed by atoms with Crippen LogP contribution in [0.1, 0.15) is 16.1 Å². The van der Waals surface area contributed by atoms with Crippen molar-refractivity contribution in [3.63, 3.8) is 0 Å². The molecule has 3 aromatic heterocycles. The standard InChI is InChI=1S/C23H17ClN4O2/c1-14-23(3-2-8-25-14)30-16-5-6-17-18(11-26-19(17)10-16)22(29)12-28-13-27-20-9-15(24)4-7-21(20)28/h2-11,13,26H,12H2,1H3. The van der Waals surface area contributed by atoms with Gasteiger partial charge in [0.05, 0.1) is 29.6 Å². The van der Waals surface area contributed by atoms with E-state index in [2.05, 4.69) is 15.0 Å². The third-order valence-electron chi connectivity index (χ3n) is 5.04. The molecule has 0 spiro atoms. The third-order valence-corrected chi connectivity index (χ3v) is 5.27. The largest absolute Gasteiger partial charge is 0.455 e. The van der Waals surface area contributed by atoms with E-state index in [0.29, 0.717) is 22.1 Å². The van der Waals surface area contributed by atoms with Crippen LogP contribution in [0.5, 0.6) is 11.5 Å². The lowest BCUT2D eigenvalue weighted by atomic mass is 10.1. The lowest BCUT2D eigenvalue weighted by Crippen LogP contribution is -2.09. The van der Waals surface area contributed by atoms with Crippen LogP contribution >= 0.6 is 11.6 Å². The first-order valence-corrected chi connectivity index (χ1v) is 9.80. The fraction of sp³-hybridized carbons (Fsp3) is 0.0870. The number of aromatic amines is 1. The third kappa shape index (κ3) is 3.31. The van der Waals surface area contributed by atoms with Crippen LogP contribution in [0.4, 0.5) is 0 Å². The van der Waals surface area contributed by atoms with Crippen molar-refractivity contribution < 1.29 is 9.53 Å². The molecule has 0 bridgehead atoms. The SMILES string of the molecule is Cc1ncccc1Oc1ccc2c(C(=O)Cn3cnc4cc(Cl)ccc43)c[nH]c2c1. The van der Waals surface area contributed by atoms with Crippen LogP contribution in [-0.2, 0) is 6.54 Å². The van der Waals surface area contributed by atoms with Crippen molar-refractivity contribution in [2.45, 2.75) is 13.5 Å². The zero-order chi connectivity index (χ0) is 20.7. The number of imidazole rings is 1. The van der Waals surface area contributed by atoms with Crippen molar-refractivity contribution >= 4 is 39.3 Å². The van der Waals surface area contributed by atoms with Gasteiger partial charge in [0.25, 0.3) is 0 Å². The first-order valence-electron chi connectivity index (χ1n) is 9.43. The molecule has 0 radical (unpaired) electrons. The second kappa shape index (κ2) is 7.31. The van der Waals surface area contributed by atoms with Crippen molar-refractivity contribution in [2.24, 2.45) is 0 Å². The maximum atomic E-state index is 13.0. The second-order valence-electron chi connectivity index (χ2n) is 7.03. The summed E-state index contributed by atoms with van der Waals surface area (Å²) in [7, 11) is 0. The summed E-state index contributed by atoms with van der Waals surface area (Å²) in [6, 6.07) is 14.8. The van der Waals surface area contributed by atoms with Gasteiger partial charge in [-0.3, -0.25) is 9.78 Å². The number of nitrogens with zero attached hydrogens (tertiary/aromatic N) is 3. The average molecular weight is 417 g/mol. The van der Waals surface area contributed by atoms with Gasteiger partial charge < -0.3 is 14.3 Å². The predicted octanol–water partition coefficient (Wildman–Crippen LogP) is 5.55. The molecule has 0 aliphatic carbocycles. The number of nitrogens with one attached hydrogen (secondary N) is 1. The molecule has 0 saturated carbocycles. The van der Waals surface area contributed by atoms with Gasteiger partial charge in [0.2, 0.25) is 0 Å². The molecule has 3 heterocycles. The van der Waals surface area contributed by atoms with Crippen molar-refractivity contribution in [3.05, 3.63) is 83.5 Å². The summed E-state index contributed by atoms with van der Waals surface area (Å²) >= 11 is 6.02. The van der Waals surface area contributed by atoms with Crippen molar-refractivity contribution in [1.82, 2.24) is 19.5 Å². The number of fused-ring (bicyclic) bond motifs is 2. The van der Waals surface area contributed by atoms with E-state index < -0.39 is 0 Å². The second-order valence-corrected chi connectivity index (χ2v) is 7.46. The molecule has 1 N–H and O–H groups in total. The molecule has 0 atom stereocenters. The summed E-state index contributed by atoms with van der Waals surface area (Å²) in [5.74, 6) is 1.37. The number of carbonyl (C=O) groups excluding carboxylic acids is 1. The van der Waals surface area contributed by atoms with Gasteiger partial charge >= 0.3 is 0 Å². The summed E-state index contributed by atoms with van der Waals surface area (Å²) in [6.45, 7) is 2.09. The molecular weight excluding hydrogens is 400 g/mol. The van der Waals surface area contributed by atoms with Gasteiger partial charge in [-0.05, 0) is 49.4 Å². The minimum atomic E-state index is -0.00716. The van der Waals surface area contributed by atoms with Gasteiger partial charge in [-0.1, -0.05) is 11.6 Å². The zero-order valence-electron chi connectivity index (χ0n) is 16.1. The van der Waals surface area contributed by atoms with E-state index in [4.69, 9.17) is 16.3 Å². The summed E-state index contributed by atoms with van der Waals surface area (Å²) < 4.78 is 7.77. The van der Waals surface area contributed by atoms with Crippen molar-refractivity contribution in [1.29, 1.82) is 0 Å². The van der Waals surface area contributed by atoms with E-state index in [1.165, 1.54) is 0 Å². The predicted molar refractivity (Wildman–Crippen MR) is 116 cm³/mol. The van der Waals surface area contributed by atoms with E-state index in [1.807, 2.05) is 47.9 Å². The molecule has 0 fully saturated rings. The highest BCUT2D eigenvalue weighted by Crippen LogP contribution is 2.28. The zero-order valence-corrected chi connectivity index (χ0v) is 16.8. The van der Waals surface area contributed by atoms with E-state index in [-0.39, 0.29) is 12.3 Å². The van der Waals surface area contributed by atoms with Gasteiger partial charge in [-0.2, -0.15) is 0 Å². The van der Waals surface area contributed by atoms with Crippen molar-refractivity contribution in [2.75, 3.05) is 0 Å². The Bertz CT molecular complexity index is 1400. The summed E-state index contributed by atoms with van der Waals surface area (Å²) in [5.41, 5.74) is 3.91. The summed E-state index contributed by atoms with van der Waals surface area (Å²) in [4.78, 5) is 24.7. The first-order chi connectivity index (χ1) is 14.6. The topological polar surface area (TPSA) is 72.8 Å². The molecule has 0 aliphatic heterocycles. The number of H-pyrrole nitrogens is 1. The van der Waals surface area contributed by atoms with E-state index >= 15 is 0 Å². The number of ketones is 1. The molecule has 5 rings (SSSR count). The summed E-state index contributed by atoms with van der Waals surface area (Å²) in [6.07, 6.45) is 5.13. The number of Topliss-reactive ketones (excluding diaryl/α,β-unsaturated/α-hetero) is 1. The quantitative estimate of drug-likeness (QED) is 0.381. The number of aryl methyl sites for hydroxylation is 1. The molecule has 7 heteroatoms. The Morgan fingerprint density at radius 1 is 1.17 bits per heavy atom. The Kier molecular flexibility index (Phi) is 4.48. The minimum Gasteiger partial charge on any atom is -0.455 e. The normalized spacial score (nSPS) is 11.3. The van der Waals surface area contributed by atoms with Gasteiger partial charge in [0.15, 0.2) is 5.78 Å². The average Bonchev–Trinajstić information content (AvgIpc) is 3.33. The Morgan fingerprint density at radius 2 is 2.07 bits per heavy atom. The molecule has 5 aromatic rings. The van der Waals surface area contributed by atoms with Crippen molar-refractivity contribution in [3.8, 4) is 11.5 Å². The maximum Gasteiger partial charge on any atom is 0.184 e. The van der Waals surface area contributed by atoms with E-state index in [1.54, 1.807) is 30.9 Å². The number of benzene rings is 2. The van der Waals surface area contributed by atoms with E-state index in [0.717, 1.165) is 27.6 Å². The molecule has 0 saturated heterocycles. The molecule has 30 heavy (non-hydrogen) atoms. The van der Waals surface area contributed by atoms with Crippen LogP contribution in [0.25, 0.3) is 21.9 Å². The Morgan fingerprint density at radius 3 is 2.93 bits per heavy atom. The van der Waals surface area contributed by atoms with Crippen LogP contribution in [-0.4, -0.2) is 25.3 Å². The summed E-state index contributed by atoms with van der Waals surface area (Å²) in [5, 5.41) is 1.47. The number of rotatable bonds is 5. The molecular formula is C23H17ClN4O2. The van der Waals surface area contributed by atoms with Crippen LogP contribution in [0.15, 0.2) is 67.3 Å². The highest BCUT2D eigenvalue weighted by Gasteiger charge is 2.15. The van der Waals surface area contributed by atoms with Gasteiger partial charge in [0.1, 0.15) is 11.5 Å². The fourth-order valence-corrected chi connectivity index (χ4v) is 3.67. The number of halogens is 1. The van der Waals surface area contributed by atoms with Crippen LogP contribution in [0.3, 0.4) is 0 Å². The number of ether oxygens (including phenoxy) is 1. The fourth-order valence-electron chi connectivity index (χ4n) is 3.51. The molecule has 0 aliphatic rings. The Labute approximate surface area is 177 Å². The van der Waals surface area contributed by atoms with Crippen LogP contribution in [0, 0.1) is 6.92 Å². The molecule has 0 unspecified atom stereocenters. The Hall–Kier alpha value is -3.64. The van der Waals surface area contributed by atoms with Crippen LogP contribution < -0.4 is 4.74 Å². The molecule has 2 aromatic carbocycles. The molecule has 0 amide bonds. The minimum absolute atomic E-state index is 0.00716. The monoisotopic (exact) mass is 416 g/mol. The van der Waals surface area contributed by atoms with Crippen LogP contribution in [0.2, 0.25) is 5.02 Å². The highest BCUT2D eigenvalue weighted by atomic mass is 35.5. The number of hydrogen-bond acceptors (Lipinski definition) is 4. The van der Waals surface area contributed by atoms with Gasteiger partial charge in [-0.25, -0.2) is 4.98 Å².